The molecule has 0 saturated heterocycles. The third kappa shape index (κ3) is 2.70. The van der Waals surface area contributed by atoms with E-state index < -0.39 is 11.0 Å². The highest BCUT2D eigenvalue weighted by Crippen LogP contribution is 2.22. The van der Waals surface area contributed by atoms with Crippen LogP contribution in [-0.2, 0) is 6.54 Å². The van der Waals surface area contributed by atoms with Gasteiger partial charge in [-0.1, -0.05) is 12.1 Å². The van der Waals surface area contributed by atoms with Gasteiger partial charge in [-0.15, -0.1) is 0 Å². The van der Waals surface area contributed by atoms with E-state index in [1.807, 2.05) is 19.9 Å². The Kier molecular flexibility index (Phi) is 3.85. The zero-order valence-electron chi connectivity index (χ0n) is 11.7. The highest BCUT2D eigenvalue weighted by molar-refractivity contribution is 5.35. The van der Waals surface area contributed by atoms with Crippen LogP contribution in [0.25, 0.3) is 0 Å². The number of aliphatic hydroxyl groups is 1. The second-order valence-corrected chi connectivity index (χ2v) is 4.85. The first-order chi connectivity index (χ1) is 9.40. The van der Waals surface area contributed by atoms with Crippen LogP contribution in [0.5, 0.6) is 0 Å². The Bertz CT molecular complexity index is 647. The fourth-order valence-electron chi connectivity index (χ4n) is 2.41. The van der Waals surface area contributed by atoms with Crippen LogP contribution in [0.3, 0.4) is 0 Å². The topological polar surface area (TPSA) is 81.2 Å². The molecule has 20 heavy (non-hydrogen) atoms. The molecular formula is C14H17N3O3. The Balaban J connectivity index is 2.33. The van der Waals surface area contributed by atoms with Gasteiger partial charge in [0.2, 0.25) is 0 Å². The van der Waals surface area contributed by atoms with Gasteiger partial charge in [-0.3, -0.25) is 14.8 Å². The Morgan fingerprint density at radius 2 is 2.15 bits per heavy atom. The van der Waals surface area contributed by atoms with Gasteiger partial charge in [-0.25, -0.2) is 0 Å². The predicted molar refractivity (Wildman–Crippen MR) is 74.5 cm³/mol. The first-order valence-corrected chi connectivity index (χ1v) is 6.35. The van der Waals surface area contributed by atoms with Crippen molar-refractivity contribution in [2.75, 3.05) is 0 Å². The Hall–Kier alpha value is -2.21. The zero-order valence-corrected chi connectivity index (χ0v) is 11.7. The van der Waals surface area contributed by atoms with Gasteiger partial charge >= 0.3 is 0 Å². The summed E-state index contributed by atoms with van der Waals surface area (Å²) in [6.45, 7) is 5.88. The van der Waals surface area contributed by atoms with Crippen molar-refractivity contribution in [3.8, 4) is 0 Å². The summed E-state index contributed by atoms with van der Waals surface area (Å²) in [5.74, 6) is 0. The molecule has 0 bridgehead atoms. The van der Waals surface area contributed by atoms with Crippen LogP contribution in [0.2, 0.25) is 0 Å². The minimum Gasteiger partial charge on any atom is -0.389 e. The summed E-state index contributed by atoms with van der Waals surface area (Å²) in [6.07, 6.45) is -0.575. The molecule has 1 heterocycles. The Morgan fingerprint density at radius 1 is 1.45 bits per heavy atom. The molecule has 1 aromatic carbocycles. The first-order valence-electron chi connectivity index (χ1n) is 6.35. The fourth-order valence-corrected chi connectivity index (χ4v) is 2.41. The molecule has 6 heteroatoms. The van der Waals surface area contributed by atoms with Crippen LogP contribution >= 0.6 is 0 Å². The van der Waals surface area contributed by atoms with Crippen LogP contribution in [0.4, 0.5) is 5.69 Å². The Morgan fingerprint density at radius 3 is 2.70 bits per heavy atom. The van der Waals surface area contributed by atoms with Gasteiger partial charge in [-0.05, 0) is 26.3 Å². The van der Waals surface area contributed by atoms with Crippen LogP contribution < -0.4 is 0 Å². The lowest BCUT2D eigenvalue weighted by Crippen LogP contribution is -2.05. The quantitative estimate of drug-likeness (QED) is 0.686. The molecular weight excluding hydrogens is 258 g/mol. The van der Waals surface area contributed by atoms with Gasteiger partial charge in [0.25, 0.3) is 5.69 Å². The van der Waals surface area contributed by atoms with Crippen LogP contribution in [-0.4, -0.2) is 19.8 Å². The van der Waals surface area contributed by atoms with Crippen molar-refractivity contribution < 1.29 is 10.0 Å². The number of aromatic nitrogens is 2. The van der Waals surface area contributed by atoms with Crippen molar-refractivity contribution in [2.24, 2.45) is 0 Å². The molecule has 0 saturated carbocycles. The summed E-state index contributed by atoms with van der Waals surface area (Å²) in [6, 6.07) is 6.49. The normalized spacial score (nSPS) is 12.4. The second-order valence-electron chi connectivity index (χ2n) is 4.85. The van der Waals surface area contributed by atoms with Crippen molar-refractivity contribution in [3.63, 3.8) is 0 Å². The molecule has 1 unspecified atom stereocenters. The van der Waals surface area contributed by atoms with Gasteiger partial charge in [0.1, 0.15) is 0 Å². The van der Waals surface area contributed by atoms with E-state index in [1.165, 1.54) is 6.07 Å². The molecule has 0 spiro atoms. The van der Waals surface area contributed by atoms with E-state index in [2.05, 4.69) is 5.10 Å². The number of nitro benzene ring substituents is 1. The summed E-state index contributed by atoms with van der Waals surface area (Å²) in [5, 5.41) is 24.9. The number of hydrogen-bond donors (Lipinski definition) is 1. The second kappa shape index (κ2) is 5.42. The molecule has 0 amide bonds. The zero-order chi connectivity index (χ0) is 14.9. The largest absolute Gasteiger partial charge is 0.389 e. The number of aliphatic hydroxyl groups excluding tert-OH is 1. The highest BCUT2D eigenvalue weighted by Gasteiger charge is 2.16. The van der Waals surface area contributed by atoms with Gasteiger partial charge in [0.05, 0.1) is 23.3 Å². The van der Waals surface area contributed by atoms with Crippen molar-refractivity contribution in [2.45, 2.75) is 33.4 Å². The van der Waals surface area contributed by atoms with E-state index in [0.717, 1.165) is 22.5 Å². The Labute approximate surface area is 116 Å². The van der Waals surface area contributed by atoms with Crippen molar-refractivity contribution in [1.29, 1.82) is 0 Å². The SMILES string of the molecule is Cc1nn(Cc2cccc([N+](=O)[O-])c2)c(C)c1C(C)O. The molecule has 2 rings (SSSR count). The lowest BCUT2D eigenvalue weighted by atomic mass is 10.1. The van der Waals surface area contributed by atoms with Gasteiger partial charge in [-0.2, -0.15) is 5.10 Å². The number of rotatable bonds is 4. The first kappa shape index (κ1) is 14.2. The average molecular weight is 275 g/mol. The molecule has 0 fully saturated rings. The summed E-state index contributed by atoms with van der Waals surface area (Å²) in [4.78, 5) is 10.4. The summed E-state index contributed by atoms with van der Waals surface area (Å²) in [5.41, 5.74) is 3.35. The third-order valence-electron chi connectivity index (χ3n) is 3.31. The molecule has 1 atom stereocenters. The number of hydrogen-bond acceptors (Lipinski definition) is 4. The van der Waals surface area contributed by atoms with E-state index in [4.69, 9.17) is 0 Å². The smallest absolute Gasteiger partial charge is 0.269 e. The fraction of sp³-hybridized carbons (Fsp3) is 0.357. The molecule has 2 aromatic rings. The van der Waals surface area contributed by atoms with Crippen molar-refractivity contribution in [3.05, 3.63) is 56.9 Å². The number of aryl methyl sites for hydroxylation is 1. The maximum atomic E-state index is 10.8. The number of non-ortho nitro benzene ring substituents is 1. The van der Waals surface area contributed by atoms with E-state index in [1.54, 1.807) is 23.7 Å². The molecule has 0 aliphatic rings. The number of nitrogens with zero attached hydrogens (tertiary/aromatic N) is 3. The van der Waals surface area contributed by atoms with Crippen molar-refractivity contribution >= 4 is 5.69 Å². The predicted octanol–water partition coefficient (Wildman–Crippen LogP) is 2.51. The molecule has 106 valence electrons. The number of nitro groups is 1. The molecule has 6 nitrogen and oxygen atoms in total. The minimum atomic E-state index is -0.575. The third-order valence-corrected chi connectivity index (χ3v) is 3.31. The average Bonchev–Trinajstić information content (AvgIpc) is 2.64. The maximum Gasteiger partial charge on any atom is 0.269 e. The molecule has 0 aliphatic carbocycles. The summed E-state index contributed by atoms with van der Waals surface area (Å²) >= 11 is 0. The van der Waals surface area contributed by atoms with Crippen LogP contribution in [0.15, 0.2) is 24.3 Å². The molecule has 1 N–H and O–H groups in total. The van der Waals surface area contributed by atoms with Gasteiger partial charge in [0.15, 0.2) is 0 Å². The van der Waals surface area contributed by atoms with E-state index in [-0.39, 0.29) is 5.69 Å². The summed E-state index contributed by atoms with van der Waals surface area (Å²) in [7, 11) is 0. The standard InChI is InChI=1S/C14H17N3O3/c1-9-14(11(3)18)10(2)16(15-9)8-12-5-4-6-13(7-12)17(19)20/h4-7,11,18H,8H2,1-3H3. The lowest BCUT2D eigenvalue weighted by Gasteiger charge is -2.07. The van der Waals surface area contributed by atoms with Crippen molar-refractivity contribution in [1.82, 2.24) is 9.78 Å². The van der Waals surface area contributed by atoms with Gasteiger partial charge in [0, 0.05) is 23.4 Å². The highest BCUT2D eigenvalue weighted by atomic mass is 16.6. The van der Waals surface area contributed by atoms with E-state index in [0.29, 0.717) is 6.54 Å². The monoisotopic (exact) mass is 275 g/mol. The van der Waals surface area contributed by atoms with Crippen LogP contribution in [0, 0.1) is 24.0 Å². The molecule has 0 radical (unpaired) electrons. The van der Waals surface area contributed by atoms with E-state index >= 15 is 0 Å². The van der Waals surface area contributed by atoms with Gasteiger partial charge < -0.3 is 5.11 Å². The lowest BCUT2D eigenvalue weighted by molar-refractivity contribution is -0.384. The molecule has 0 aliphatic heterocycles. The van der Waals surface area contributed by atoms with E-state index in [9.17, 15) is 15.2 Å². The number of benzene rings is 1. The minimum absolute atomic E-state index is 0.0692. The summed E-state index contributed by atoms with van der Waals surface area (Å²) < 4.78 is 1.76. The molecule has 1 aromatic heterocycles. The maximum absolute atomic E-state index is 10.8. The van der Waals surface area contributed by atoms with Crippen LogP contribution in [0.1, 0.15) is 35.5 Å².